The molecule has 2 N–H and O–H groups in total. The molecule has 0 bridgehead atoms. The summed E-state index contributed by atoms with van der Waals surface area (Å²) in [4.78, 5) is 119. The number of para-hydroxylation sites is 4. The van der Waals surface area contributed by atoms with Gasteiger partial charge < -0.3 is 10.1 Å². The summed E-state index contributed by atoms with van der Waals surface area (Å²) in [6, 6.07) is 43.6. The van der Waals surface area contributed by atoms with Gasteiger partial charge in [-0.25, -0.2) is 14.8 Å². The van der Waals surface area contributed by atoms with Crippen LogP contribution in [0.4, 0.5) is 11.4 Å². The van der Waals surface area contributed by atoms with Crippen LogP contribution in [-0.2, 0) is 25.9 Å². The number of unbranched alkanes of at least 4 members (excludes halogenated alkanes) is 10. The van der Waals surface area contributed by atoms with E-state index >= 15 is 19.2 Å². The van der Waals surface area contributed by atoms with Gasteiger partial charge in [-0.2, -0.15) is 0 Å². The lowest BCUT2D eigenvalue weighted by Crippen LogP contribution is -2.45. The minimum absolute atomic E-state index is 0.0104. The average Bonchev–Trinajstić information content (AvgIpc) is 1.46. The van der Waals surface area contributed by atoms with Gasteiger partial charge in [0.1, 0.15) is 0 Å². The molecule has 14 nitrogen and oxygen atoms in total. The molecule has 6 heterocycles. The van der Waals surface area contributed by atoms with Crippen LogP contribution in [0.1, 0.15) is 256 Å². The minimum atomic E-state index is -0.470. The lowest BCUT2D eigenvalue weighted by atomic mass is 9.77. The minimum Gasteiger partial charge on any atom is -0.494 e. The van der Waals surface area contributed by atoms with E-state index in [0.29, 0.717) is 136 Å². The van der Waals surface area contributed by atoms with Crippen LogP contribution in [0.25, 0.3) is 109 Å². The van der Waals surface area contributed by atoms with Gasteiger partial charge in [0.05, 0.1) is 71.7 Å². The molecule has 18 rings (SSSR count). The van der Waals surface area contributed by atoms with Crippen LogP contribution in [0.5, 0.6) is 5.88 Å². The maximum atomic E-state index is 15.8. The van der Waals surface area contributed by atoms with Gasteiger partial charge in [0, 0.05) is 61.7 Å². The number of carbonyl (C=O) groups is 4. The SMILES string of the molecule is CC(C)c1cccc(C(C)C)c1N1C(=O)c2c3c(c4c5c(c6c([nH]c7ccccc76)c(c25)C1=O)C(=O)N(c1c(C(C)C)cccc1C(C)C)C4=O)Cc1ccccc1-3.CCCCCCCCn1c(O)c2c3nc4ccccc4c3c3c(=O)n(CCCCCCCC)c(=O)c4c5c(c(c1=O)c2c43)-c1ccccc1C5. The number of benzene rings is 10. The van der Waals surface area contributed by atoms with Crippen molar-refractivity contribution >= 4 is 122 Å². The number of rotatable bonds is 20. The third-order valence-corrected chi connectivity index (χ3v) is 24.0. The molecule has 14 aromatic rings. The first-order valence-corrected chi connectivity index (χ1v) is 39.4. The molecule has 544 valence electrons. The maximum Gasteiger partial charge on any atom is 0.268 e. The molecule has 108 heavy (non-hydrogen) atoms. The second-order valence-corrected chi connectivity index (χ2v) is 31.8. The molecule has 0 spiro atoms. The van der Waals surface area contributed by atoms with Crippen LogP contribution < -0.4 is 26.5 Å². The lowest BCUT2D eigenvalue weighted by molar-refractivity contribution is 0.0873. The Morgan fingerprint density at radius 1 is 0.380 bits per heavy atom. The summed E-state index contributed by atoms with van der Waals surface area (Å²) < 4.78 is 2.97. The summed E-state index contributed by atoms with van der Waals surface area (Å²) >= 11 is 0. The molecule has 4 amide bonds. The van der Waals surface area contributed by atoms with Crippen molar-refractivity contribution in [2.45, 2.75) is 196 Å². The number of nitrogens with one attached hydrogen (secondary N) is 1. The van der Waals surface area contributed by atoms with E-state index < -0.39 is 23.6 Å². The summed E-state index contributed by atoms with van der Waals surface area (Å²) in [6.07, 6.45) is 13.5. The summed E-state index contributed by atoms with van der Waals surface area (Å²) in [5.74, 6) is -1.88. The fourth-order valence-electron chi connectivity index (χ4n) is 18.9. The summed E-state index contributed by atoms with van der Waals surface area (Å²) in [5.41, 5.74) is 14.6. The fourth-order valence-corrected chi connectivity index (χ4v) is 18.9. The predicted molar refractivity (Wildman–Crippen MR) is 439 cm³/mol. The Bertz CT molecular complexity index is 6330. The zero-order valence-electron chi connectivity index (χ0n) is 63.4. The molecule has 4 aromatic heterocycles. The standard InChI is InChI=1S/C51H45N3O4.C43H45N3O4/c1-24(2)29-18-13-19-30(25(3)4)46(29)53-48(55)39-35-23-28-15-9-10-16-33(28)37(35)42-41-40(39)43(50(53)57)38-34-17-11-12-22-36(34)52-45(38)44(41)51(58)54(49(42)56)47-31(26(5)6)20-14-21-32(47)27(7)8;1-3-5-7-9-11-17-23-45-40(47)33-29-25-26-19-13-14-20-27(26)31(29)36-35-34(33)37(42(45)49)32-28-21-15-16-22-30(28)44-39(32)38(35)43(50)46(41(36)48)24-18-12-10-8-6-4-2/h9-22,24-27,52H,23H2,1-8H3;13-16,19-22,50H,3-12,17-18,23-25H2,1-2H3. The van der Waals surface area contributed by atoms with Gasteiger partial charge in [-0.1, -0.05) is 255 Å². The third-order valence-electron chi connectivity index (χ3n) is 24.0. The highest BCUT2D eigenvalue weighted by molar-refractivity contribution is 6.49. The molecule has 10 aromatic carbocycles. The Labute approximate surface area is 626 Å². The zero-order chi connectivity index (χ0) is 75.2. The molecular weight excluding hydrogens is 1340 g/mol. The van der Waals surface area contributed by atoms with E-state index in [1.165, 1.54) is 31.8 Å². The van der Waals surface area contributed by atoms with E-state index in [2.05, 4.69) is 80.3 Å². The van der Waals surface area contributed by atoms with E-state index in [9.17, 15) is 19.5 Å². The first kappa shape index (κ1) is 69.9. The number of imide groups is 2. The first-order chi connectivity index (χ1) is 52.3. The van der Waals surface area contributed by atoms with Gasteiger partial charge >= 0.3 is 0 Å². The summed E-state index contributed by atoms with van der Waals surface area (Å²) in [6.45, 7) is 21.7. The Balaban J connectivity index is 0.000000160. The number of aromatic amines is 1. The van der Waals surface area contributed by atoms with Gasteiger partial charge in [-0.05, 0) is 128 Å². The quantitative estimate of drug-likeness (QED) is 0.0426. The second kappa shape index (κ2) is 27.0. The van der Waals surface area contributed by atoms with Crippen LogP contribution in [0.2, 0.25) is 0 Å². The molecule has 2 aliphatic heterocycles. The first-order valence-electron chi connectivity index (χ1n) is 39.4. The molecule has 0 saturated carbocycles. The third kappa shape index (κ3) is 10.3. The highest BCUT2D eigenvalue weighted by Gasteiger charge is 2.50. The molecule has 0 atom stereocenters. The average molecular weight is 1430 g/mol. The van der Waals surface area contributed by atoms with Crippen molar-refractivity contribution in [1.82, 2.24) is 19.1 Å². The van der Waals surface area contributed by atoms with E-state index in [1.54, 1.807) is 0 Å². The number of nitrogens with zero attached hydrogens (tertiary/aromatic N) is 5. The van der Waals surface area contributed by atoms with Crippen molar-refractivity contribution in [3.8, 4) is 28.1 Å². The highest BCUT2D eigenvalue weighted by atomic mass is 16.3. The normalized spacial score (nSPS) is 13.9. The van der Waals surface area contributed by atoms with Crippen molar-refractivity contribution in [2.75, 3.05) is 9.80 Å². The molecule has 0 fully saturated rings. The number of fused-ring (bicyclic) bond motifs is 20. The molecule has 0 radical (unpaired) electrons. The van der Waals surface area contributed by atoms with Crippen molar-refractivity contribution < 1.29 is 24.3 Å². The predicted octanol–water partition coefficient (Wildman–Crippen LogP) is 21.5. The van der Waals surface area contributed by atoms with Crippen molar-refractivity contribution in [2.24, 2.45) is 0 Å². The van der Waals surface area contributed by atoms with E-state index in [-0.39, 0.29) is 46.2 Å². The zero-order valence-corrected chi connectivity index (χ0v) is 63.4. The van der Waals surface area contributed by atoms with Crippen LogP contribution in [0.15, 0.2) is 148 Å². The van der Waals surface area contributed by atoms with Crippen molar-refractivity contribution in [3.63, 3.8) is 0 Å². The van der Waals surface area contributed by atoms with Gasteiger partial charge in [-0.3, -0.25) is 42.7 Å². The summed E-state index contributed by atoms with van der Waals surface area (Å²) in [5, 5.41) is 18.6. The molecule has 0 saturated heterocycles. The maximum absolute atomic E-state index is 15.8. The Hall–Kier alpha value is -11.1. The Morgan fingerprint density at radius 3 is 1.43 bits per heavy atom. The Morgan fingerprint density at radius 2 is 0.833 bits per heavy atom. The van der Waals surface area contributed by atoms with E-state index in [4.69, 9.17) is 4.98 Å². The number of hydrogen-bond acceptors (Lipinski definition) is 9. The topological polar surface area (TPSA) is 185 Å². The van der Waals surface area contributed by atoms with Crippen LogP contribution in [-0.4, -0.2) is 47.8 Å². The number of aromatic nitrogens is 4. The van der Waals surface area contributed by atoms with Gasteiger partial charge in [0.15, 0.2) is 0 Å². The molecule has 2 aliphatic carbocycles. The second-order valence-electron chi connectivity index (χ2n) is 31.8. The van der Waals surface area contributed by atoms with Gasteiger partial charge in [0.25, 0.3) is 40.3 Å². The van der Waals surface area contributed by atoms with Crippen molar-refractivity contribution in [1.29, 1.82) is 0 Å². The van der Waals surface area contributed by atoms with Gasteiger partial charge in [-0.15, -0.1) is 0 Å². The summed E-state index contributed by atoms with van der Waals surface area (Å²) in [7, 11) is 0. The number of anilines is 2. The monoisotopic (exact) mass is 1430 g/mol. The van der Waals surface area contributed by atoms with Crippen LogP contribution in [0, 0.1) is 0 Å². The number of aromatic hydroxyl groups is 1. The van der Waals surface area contributed by atoms with E-state index in [1.807, 2.05) is 127 Å². The molecule has 0 unspecified atom stereocenters. The number of carbonyl (C=O) groups excluding carboxylic acids is 4. The lowest BCUT2D eigenvalue weighted by Gasteiger charge is -2.37. The van der Waals surface area contributed by atoms with E-state index in [0.717, 1.165) is 142 Å². The number of hydrogen-bond donors (Lipinski definition) is 2. The van der Waals surface area contributed by atoms with Crippen LogP contribution in [0.3, 0.4) is 0 Å². The fraction of sp³-hybridized carbons (Fsp3) is 0.319. The number of H-pyrrole nitrogens is 1. The molecule has 4 aliphatic rings. The number of amides is 4. The van der Waals surface area contributed by atoms with Crippen molar-refractivity contribution in [3.05, 3.63) is 231 Å². The molecule has 14 heteroatoms. The highest BCUT2D eigenvalue weighted by Crippen LogP contribution is 2.56. The van der Waals surface area contributed by atoms with Crippen LogP contribution >= 0.6 is 0 Å². The Kier molecular flexibility index (Phi) is 17.5. The number of pyridine rings is 2. The van der Waals surface area contributed by atoms with Gasteiger partial charge in [0.2, 0.25) is 5.88 Å². The molecular formula is C94H90N6O8. The smallest absolute Gasteiger partial charge is 0.268 e. The largest absolute Gasteiger partial charge is 0.494 e.